The highest BCUT2D eigenvalue weighted by atomic mass is 35.5. The van der Waals surface area contributed by atoms with Crippen LogP contribution in [0.25, 0.3) is 10.9 Å². The predicted octanol–water partition coefficient (Wildman–Crippen LogP) is 2.15. The summed E-state index contributed by atoms with van der Waals surface area (Å²) in [5, 5.41) is 0.963. The van der Waals surface area contributed by atoms with Gasteiger partial charge in [0.2, 0.25) is 5.91 Å². The maximum Gasteiger partial charge on any atom is 0.331 e. The number of halogens is 1. The summed E-state index contributed by atoms with van der Waals surface area (Å²) in [7, 11) is 0. The molecule has 0 fully saturated rings. The molecule has 0 bridgehead atoms. The molecule has 0 aliphatic rings. The van der Waals surface area contributed by atoms with Crippen LogP contribution < -0.4 is 26.8 Å². The van der Waals surface area contributed by atoms with Gasteiger partial charge in [-0.2, -0.15) is 0 Å². The third-order valence-electron chi connectivity index (χ3n) is 5.03. The highest BCUT2D eigenvalue weighted by Crippen LogP contribution is 2.21. The Labute approximate surface area is 194 Å². The van der Waals surface area contributed by atoms with Crippen LogP contribution in [0.4, 0.5) is 0 Å². The standard InChI is InChI=1S/C23H25ClN4O5/c1-3-27-22(31)17-7-4-5-8-18(17)28(23(27)32)14-21(30)26-25-20(29)9-6-12-33-19-11-10-16(24)13-15(19)2/h4-5,7-8,10-11,13H,3,6,9,12,14H2,1-2H3,(H,25,29)(H,26,30). The number of hydrazine groups is 1. The van der Waals surface area contributed by atoms with Crippen LogP contribution in [0.1, 0.15) is 25.3 Å². The molecule has 0 radical (unpaired) electrons. The number of benzene rings is 2. The molecule has 2 N–H and O–H groups in total. The number of aryl methyl sites for hydroxylation is 1. The van der Waals surface area contributed by atoms with Crippen molar-refractivity contribution in [3.63, 3.8) is 0 Å². The van der Waals surface area contributed by atoms with Gasteiger partial charge in [-0.3, -0.25) is 34.4 Å². The molecule has 1 heterocycles. The van der Waals surface area contributed by atoms with Crippen molar-refractivity contribution in [3.8, 4) is 5.75 Å². The molecule has 33 heavy (non-hydrogen) atoms. The second-order valence-corrected chi connectivity index (χ2v) is 7.83. The predicted molar refractivity (Wildman–Crippen MR) is 125 cm³/mol. The van der Waals surface area contributed by atoms with Crippen molar-refractivity contribution in [1.29, 1.82) is 0 Å². The quantitative estimate of drug-likeness (QED) is 0.385. The Balaban J connectivity index is 1.53. The first-order valence-corrected chi connectivity index (χ1v) is 10.9. The molecule has 1 aromatic heterocycles. The summed E-state index contributed by atoms with van der Waals surface area (Å²) in [6.45, 7) is 3.71. The fourth-order valence-corrected chi connectivity index (χ4v) is 3.60. The highest BCUT2D eigenvalue weighted by Gasteiger charge is 2.14. The Morgan fingerprint density at radius 2 is 1.76 bits per heavy atom. The average Bonchev–Trinajstić information content (AvgIpc) is 2.79. The van der Waals surface area contributed by atoms with Crippen LogP contribution in [-0.4, -0.2) is 27.6 Å². The maximum atomic E-state index is 12.7. The lowest BCUT2D eigenvalue weighted by Gasteiger charge is -2.13. The fraction of sp³-hybridized carbons (Fsp3) is 0.304. The molecule has 9 nitrogen and oxygen atoms in total. The number of fused-ring (bicyclic) bond motifs is 1. The Bertz CT molecular complexity index is 1300. The van der Waals surface area contributed by atoms with Gasteiger partial charge in [0.25, 0.3) is 11.5 Å². The van der Waals surface area contributed by atoms with Crippen molar-refractivity contribution in [1.82, 2.24) is 20.0 Å². The van der Waals surface area contributed by atoms with Crippen LogP contribution in [0.5, 0.6) is 5.75 Å². The lowest BCUT2D eigenvalue weighted by Crippen LogP contribution is -2.46. The van der Waals surface area contributed by atoms with Gasteiger partial charge in [0.1, 0.15) is 12.3 Å². The number of aromatic nitrogens is 2. The summed E-state index contributed by atoms with van der Waals surface area (Å²) >= 11 is 5.91. The van der Waals surface area contributed by atoms with E-state index in [0.29, 0.717) is 34.7 Å². The minimum Gasteiger partial charge on any atom is -0.493 e. The van der Waals surface area contributed by atoms with Crippen molar-refractivity contribution in [3.05, 3.63) is 73.9 Å². The van der Waals surface area contributed by atoms with Gasteiger partial charge in [-0.15, -0.1) is 0 Å². The first kappa shape index (κ1) is 24.1. The van der Waals surface area contributed by atoms with Gasteiger partial charge in [0, 0.05) is 18.0 Å². The molecule has 2 amide bonds. The van der Waals surface area contributed by atoms with E-state index in [-0.39, 0.29) is 19.5 Å². The molecule has 0 aliphatic carbocycles. The molecule has 0 spiro atoms. The van der Waals surface area contributed by atoms with Crippen molar-refractivity contribution >= 4 is 34.3 Å². The third kappa shape index (κ3) is 5.81. The minimum absolute atomic E-state index is 0.135. The number of ether oxygens (including phenoxy) is 1. The minimum atomic E-state index is -0.593. The summed E-state index contributed by atoms with van der Waals surface area (Å²) in [6.07, 6.45) is 0.575. The van der Waals surface area contributed by atoms with E-state index in [0.717, 1.165) is 10.1 Å². The van der Waals surface area contributed by atoms with E-state index in [9.17, 15) is 19.2 Å². The molecule has 0 unspecified atom stereocenters. The number of hydrogen-bond acceptors (Lipinski definition) is 5. The molecule has 3 rings (SSSR count). The van der Waals surface area contributed by atoms with Crippen LogP contribution >= 0.6 is 11.6 Å². The molecule has 0 saturated heterocycles. The molecular weight excluding hydrogens is 448 g/mol. The molecule has 0 atom stereocenters. The van der Waals surface area contributed by atoms with Gasteiger partial charge in [-0.25, -0.2) is 4.79 Å². The number of carbonyl (C=O) groups is 2. The summed E-state index contributed by atoms with van der Waals surface area (Å²) in [5.74, 6) is -0.292. The maximum absolute atomic E-state index is 12.7. The third-order valence-corrected chi connectivity index (χ3v) is 5.27. The first-order chi connectivity index (χ1) is 15.8. The van der Waals surface area contributed by atoms with E-state index < -0.39 is 23.1 Å². The van der Waals surface area contributed by atoms with E-state index in [1.54, 1.807) is 49.4 Å². The van der Waals surface area contributed by atoms with Crippen LogP contribution in [-0.2, 0) is 22.7 Å². The lowest BCUT2D eigenvalue weighted by molar-refractivity contribution is -0.129. The van der Waals surface area contributed by atoms with E-state index in [4.69, 9.17) is 16.3 Å². The van der Waals surface area contributed by atoms with Crippen LogP contribution in [0.2, 0.25) is 5.02 Å². The van der Waals surface area contributed by atoms with Crippen molar-refractivity contribution in [2.24, 2.45) is 0 Å². The van der Waals surface area contributed by atoms with Crippen molar-refractivity contribution in [2.75, 3.05) is 6.61 Å². The fourth-order valence-electron chi connectivity index (χ4n) is 3.38. The molecule has 174 valence electrons. The largest absolute Gasteiger partial charge is 0.493 e. The van der Waals surface area contributed by atoms with Crippen LogP contribution in [0.15, 0.2) is 52.1 Å². The molecule has 2 aromatic carbocycles. The summed E-state index contributed by atoms with van der Waals surface area (Å²) in [4.78, 5) is 49.5. The molecular formula is C23H25ClN4O5. The topological polar surface area (TPSA) is 111 Å². The summed E-state index contributed by atoms with van der Waals surface area (Å²) in [6, 6.07) is 11.9. The first-order valence-electron chi connectivity index (χ1n) is 10.5. The number of nitrogens with one attached hydrogen (secondary N) is 2. The molecule has 0 aliphatic heterocycles. The second-order valence-electron chi connectivity index (χ2n) is 7.39. The molecule has 10 heteroatoms. The van der Waals surface area contributed by atoms with E-state index in [2.05, 4.69) is 10.9 Å². The van der Waals surface area contributed by atoms with E-state index in [1.807, 2.05) is 6.92 Å². The van der Waals surface area contributed by atoms with Gasteiger partial charge >= 0.3 is 5.69 Å². The van der Waals surface area contributed by atoms with Crippen molar-refractivity contribution < 1.29 is 14.3 Å². The van der Waals surface area contributed by atoms with Gasteiger partial charge in [-0.1, -0.05) is 23.7 Å². The number of carbonyl (C=O) groups excluding carboxylic acids is 2. The highest BCUT2D eigenvalue weighted by molar-refractivity contribution is 6.30. The average molecular weight is 473 g/mol. The Hall–Kier alpha value is -3.59. The van der Waals surface area contributed by atoms with Gasteiger partial charge < -0.3 is 4.74 Å². The van der Waals surface area contributed by atoms with Gasteiger partial charge in [0.05, 0.1) is 17.5 Å². The van der Waals surface area contributed by atoms with Crippen LogP contribution in [0, 0.1) is 6.92 Å². The lowest BCUT2D eigenvalue weighted by atomic mass is 10.2. The Morgan fingerprint density at radius 3 is 2.48 bits per heavy atom. The monoisotopic (exact) mass is 472 g/mol. The zero-order chi connectivity index (χ0) is 24.0. The Kier molecular flexibility index (Phi) is 7.89. The number of amides is 2. The molecule has 3 aromatic rings. The molecule has 0 saturated carbocycles. The van der Waals surface area contributed by atoms with Crippen molar-refractivity contribution in [2.45, 2.75) is 39.8 Å². The Morgan fingerprint density at radius 1 is 1.03 bits per heavy atom. The number of hydrogen-bond donors (Lipinski definition) is 2. The number of para-hydroxylation sites is 1. The number of rotatable bonds is 8. The SMILES string of the molecule is CCn1c(=O)c2ccccc2n(CC(=O)NNC(=O)CCCOc2ccc(Cl)cc2C)c1=O. The number of nitrogens with zero attached hydrogens (tertiary/aromatic N) is 2. The zero-order valence-corrected chi connectivity index (χ0v) is 19.1. The second kappa shape index (κ2) is 10.8. The van der Waals surface area contributed by atoms with E-state index >= 15 is 0 Å². The zero-order valence-electron chi connectivity index (χ0n) is 18.4. The smallest absolute Gasteiger partial charge is 0.331 e. The van der Waals surface area contributed by atoms with E-state index in [1.165, 1.54) is 4.57 Å². The summed E-state index contributed by atoms with van der Waals surface area (Å²) < 4.78 is 7.92. The van der Waals surface area contributed by atoms with Crippen LogP contribution in [0.3, 0.4) is 0 Å². The van der Waals surface area contributed by atoms with Gasteiger partial charge in [-0.05, 0) is 56.2 Å². The normalized spacial score (nSPS) is 10.8. The van der Waals surface area contributed by atoms with Gasteiger partial charge in [0.15, 0.2) is 0 Å². The summed E-state index contributed by atoms with van der Waals surface area (Å²) in [5.41, 5.74) is 4.91.